The number of nitrogens with zero attached hydrogens (tertiary/aromatic N) is 3. The molecule has 1 N–H and O–H groups in total. The van der Waals surface area contributed by atoms with Crippen molar-refractivity contribution in [2.75, 3.05) is 10.8 Å². The molecule has 1 aromatic carbocycles. The van der Waals surface area contributed by atoms with Crippen molar-refractivity contribution < 1.29 is 18.3 Å². The zero-order chi connectivity index (χ0) is 15.6. The van der Waals surface area contributed by atoms with E-state index in [0.29, 0.717) is 5.02 Å². The first-order valence-corrected chi connectivity index (χ1v) is 7.62. The van der Waals surface area contributed by atoms with Crippen LogP contribution in [0.2, 0.25) is 5.02 Å². The molecule has 7 nitrogen and oxygen atoms in total. The molecule has 1 heterocycles. The van der Waals surface area contributed by atoms with Crippen LogP contribution in [0, 0.1) is 0 Å². The summed E-state index contributed by atoms with van der Waals surface area (Å²) in [5, 5.41) is 13.0. The Morgan fingerprint density at radius 3 is 2.67 bits per heavy atom. The average Bonchev–Trinajstić information content (AvgIpc) is 2.82. The van der Waals surface area contributed by atoms with Crippen molar-refractivity contribution in [1.29, 1.82) is 0 Å². The van der Waals surface area contributed by atoms with Crippen LogP contribution in [-0.2, 0) is 21.9 Å². The number of anilines is 1. The lowest BCUT2D eigenvalue weighted by Crippen LogP contribution is -2.36. The van der Waals surface area contributed by atoms with Gasteiger partial charge in [-0.05, 0) is 24.3 Å². The molecule has 0 bridgehead atoms. The quantitative estimate of drug-likeness (QED) is 0.894. The second kappa shape index (κ2) is 5.74. The van der Waals surface area contributed by atoms with E-state index in [9.17, 15) is 13.2 Å². The minimum absolute atomic E-state index is 0.108. The fourth-order valence-corrected chi connectivity index (χ4v) is 3.49. The lowest BCUT2D eigenvalue weighted by atomic mass is 10.3. The van der Waals surface area contributed by atoms with Crippen LogP contribution in [0.4, 0.5) is 5.69 Å². The number of sulfonamides is 1. The smallest absolute Gasteiger partial charge is 0.324 e. The van der Waals surface area contributed by atoms with Crippen LogP contribution in [0.1, 0.15) is 0 Å². The molecule has 2 rings (SSSR count). The summed E-state index contributed by atoms with van der Waals surface area (Å²) in [6.45, 7) is -0.714. The molecule has 0 amide bonds. The molecule has 0 fully saturated rings. The molecule has 9 heteroatoms. The van der Waals surface area contributed by atoms with Gasteiger partial charge in [-0.3, -0.25) is 13.8 Å². The maximum atomic E-state index is 12.6. The fourth-order valence-electron chi connectivity index (χ4n) is 1.80. The summed E-state index contributed by atoms with van der Waals surface area (Å²) in [7, 11) is -2.60. The van der Waals surface area contributed by atoms with E-state index in [4.69, 9.17) is 16.7 Å². The highest BCUT2D eigenvalue weighted by atomic mass is 35.5. The molecule has 2 aromatic rings. The van der Waals surface area contributed by atoms with Gasteiger partial charge >= 0.3 is 5.97 Å². The number of carboxylic acids is 1. The van der Waals surface area contributed by atoms with Gasteiger partial charge in [-0.25, -0.2) is 0 Å². The summed E-state index contributed by atoms with van der Waals surface area (Å²) in [4.78, 5) is 11.0. The first-order valence-electron chi connectivity index (χ1n) is 5.80. The van der Waals surface area contributed by atoms with Gasteiger partial charge in [0.15, 0.2) is 5.03 Å². The Kier molecular flexibility index (Phi) is 4.19. The van der Waals surface area contributed by atoms with E-state index in [1.54, 1.807) is 12.1 Å². The standard InChI is InChI=1S/C12H12ClN3O4S/c1-15-11(5-6-14-15)21(19,20)16(8-12(17)18)10-4-2-3-9(13)7-10/h2-7H,8H2,1H3,(H,17,18). The third-order valence-corrected chi connectivity index (χ3v) is 4.79. The van der Waals surface area contributed by atoms with Gasteiger partial charge in [0.25, 0.3) is 10.0 Å². The molecule has 0 aliphatic rings. The van der Waals surface area contributed by atoms with E-state index in [1.807, 2.05) is 0 Å². The van der Waals surface area contributed by atoms with E-state index in [2.05, 4.69) is 5.10 Å². The van der Waals surface area contributed by atoms with E-state index in [1.165, 1.54) is 31.4 Å². The molecule has 0 unspecified atom stereocenters. The molecule has 0 aliphatic heterocycles. The van der Waals surface area contributed by atoms with Crippen LogP contribution < -0.4 is 4.31 Å². The molecular weight excluding hydrogens is 318 g/mol. The number of hydrogen-bond acceptors (Lipinski definition) is 4. The van der Waals surface area contributed by atoms with Crippen LogP contribution in [0.25, 0.3) is 0 Å². The summed E-state index contributed by atoms with van der Waals surface area (Å²) in [6, 6.07) is 7.28. The van der Waals surface area contributed by atoms with Crippen molar-refractivity contribution in [2.45, 2.75) is 5.03 Å². The summed E-state index contributed by atoms with van der Waals surface area (Å²) < 4.78 is 27.2. The summed E-state index contributed by atoms with van der Waals surface area (Å²) in [5.74, 6) is -1.28. The van der Waals surface area contributed by atoms with E-state index in [-0.39, 0.29) is 10.7 Å². The Morgan fingerprint density at radius 1 is 1.43 bits per heavy atom. The third kappa shape index (κ3) is 3.17. The summed E-state index contributed by atoms with van der Waals surface area (Å²) >= 11 is 5.85. The van der Waals surface area contributed by atoms with Gasteiger partial charge in [0.1, 0.15) is 6.54 Å². The van der Waals surface area contributed by atoms with Gasteiger partial charge < -0.3 is 5.11 Å². The average molecular weight is 330 g/mol. The van der Waals surface area contributed by atoms with E-state index in [0.717, 1.165) is 8.99 Å². The molecule has 0 aliphatic carbocycles. The maximum Gasteiger partial charge on any atom is 0.324 e. The van der Waals surface area contributed by atoms with Crippen LogP contribution >= 0.6 is 11.6 Å². The number of hydrogen-bond donors (Lipinski definition) is 1. The molecule has 112 valence electrons. The van der Waals surface area contributed by atoms with Gasteiger partial charge in [-0.1, -0.05) is 17.7 Å². The van der Waals surface area contributed by atoms with Gasteiger partial charge in [0.2, 0.25) is 0 Å². The van der Waals surface area contributed by atoms with Crippen LogP contribution in [0.3, 0.4) is 0 Å². The number of rotatable bonds is 5. The van der Waals surface area contributed by atoms with Crippen molar-refractivity contribution >= 4 is 33.3 Å². The highest BCUT2D eigenvalue weighted by Crippen LogP contribution is 2.25. The summed E-state index contributed by atoms with van der Waals surface area (Å²) in [6.07, 6.45) is 1.32. The van der Waals surface area contributed by atoms with Gasteiger partial charge in [-0.15, -0.1) is 0 Å². The molecule has 0 atom stereocenters. The number of halogens is 1. The second-order valence-electron chi connectivity index (χ2n) is 4.18. The predicted molar refractivity (Wildman–Crippen MR) is 76.8 cm³/mol. The number of aromatic nitrogens is 2. The number of carboxylic acid groups (broad SMARTS) is 1. The van der Waals surface area contributed by atoms with Crippen LogP contribution in [-0.4, -0.2) is 35.8 Å². The Bertz CT molecular complexity index is 772. The molecule has 21 heavy (non-hydrogen) atoms. The monoisotopic (exact) mass is 329 g/mol. The maximum absolute atomic E-state index is 12.6. The van der Waals surface area contributed by atoms with Gasteiger partial charge in [-0.2, -0.15) is 13.5 Å². The largest absolute Gasteiger partial charge is 0.480 e. The molecular formula is C12H12ClN3O4S. The van der Waals surface area contributed by atoms with E-state index < -0.39 is 22.5 Å². The Balaban J connectivity index is 2.56. The molecule has 0 radical (unpaired) electrons. The number of benzene rings is 1. The van der Waals surface area contributed by atoms with Crippen molar-refractivity contribution in [3.05, 3.63) is 41.6 Å². The third-order valence-electron chi connectivity index (χ3n) is 2.71. The van der Waals surface area contributed by atoms with E-state index >= 15 is 0 Å². The molecule has 0 saturated heterocycles. The van der Waals surface area contributed by atoms with Crippen molar-refractivity contribution in [3.8, 4) is 0 Å². The zero-order valence-electron chi connectivity index (χ0n) is 11.0. The number of carbonyl (C=O) groups is 1. The van der Waals surface area contributed by atoms with Gasteiger partial charge in [0.05, 0.1) is 11.9 Å². The Hall–Kier alpha value is -2.06. The molecule has 0 saturated carbocycles. The Labute approximate surface area is 126 Å². The highest BCUT2D eigenvalue weighted by Gasteiger charge is 2.29. The minimum Gasteiger partial charge on any atom is -0.480 e. The normalized spacial score (nSPS) is 11.3. The van der Waals surface area contributed by atoms with Gasteiger partial charge in [0, 0.05) is 12.1 Å². The van der Waals surface area contributed by atoms with Crippen molar-refractivity contribution in [2.24, 2.45) is 7.05 Å². The lowest BCUT2D eigenvalue weighted by molar-refractivity contribution is -0.135. The first kappa shape index (κ1) is 15.3. The zero-order valence-corrected chi connectivity index (χ0v) is 12.5. The number of aryl methyl sites for hydroxylation is 1. The fraction of sp³-hybridized carbons (Fsp3) is 0.167. The minimum atomic E-state index is -4.06. The summed E-state index contributed by atoms with van der Waals surface area (Å²) in [5.41, 5.74) is 0.172. The van der Waals surface area contributed by atoms with Crippen molar-refractivity contribution in [3.63, 3.8) is 0 Å². The highest BCUT2D eigenvalue weighted by molar-refractivity contribution is 7.92. The van der Waals surface area contributed by atoms with Crippen molar-refractivity contribution in [1.82, 2.24) is 9.78 Å². The molecule has 1 aromatic heterocycles. The second-order valence-corrected chi connectivity index (χ2v) is 6.42. The predicted octanol–water partition coefficient (Wildman–Crippen LogP) is 1.35. The Morgan fingerprint density at radius 2 is 2.14 bits per heavy atom. The van der Waals surface area contributed by atoms with Crippen LogP contribution in [0.5, 0.6) is 0 Å². The topological polar surface area (TPSA) is 92.5 Å². The lowest BCUT2D eigenvalue weighted by Gasteiger charge is -2.22. The number of aliphatic carboxylic acids is 1. The van der Waals surface area contributed by atoms with Crippen LogP contribution in [0.15, 0.2) is 41.6 Å². The first-order chi connectivity index (χ1) is 9.82. The molecule has 0 spiro atoms. The SMILES string of the molecule is Cn1nccc1S(=O)(=O)N(CC(=O)O)c1cccc(Cl)c1.